The van der Waals surface area contributed by atoms with E-state index in [4.69, 9.17) is 9.15 Å². The van der Waals surface area contributed by atoms with E-state index < -0.39 is 17.1 Å². The molecule has 0 unspecified atom stereocenters. The number of aliphatic carboxylic acids is 1. The van der Waals surface area contributed by atoms with Crippen LogP contribution >= 0.6 is 11.3 Å². The minimum atomic E-state index is -1.43. The quantitative estimate of drug-likeness (QED) is 0.467. The van der Waals surface area contributed by atoms with Gasteiger partial charge in [-0.25, -0.2) is 14.8 Å². The maximum Gasteiger partial charge on any atom is 0.329 e. The normalized spacial score (nSPS) is 11.7. The van der Waals surface area contributed by atoms with Crippen LogP contribution in [0, 0.1) is 0 Å². The molecule has 0 spiro atoms. The molecule has 0 aliphatic rings. The number of ether oxygens (including phenoxy) is 1. The Kier molecular flexibility index (Phi) is 5.36. The summed E-state index contributed by atoms with van der Waals surface area (Å²) in [5, 5.41) is 10.2. The lowest BCUT2D eigenvalue weighted by Gasteiger charge is -2.23. The Balaban J connectivity index is 1.86. The lowest BCUT2D eigenvalue weighted by Crippen LogP contribution is -2.42. The molecule has 0 aliphatic heterocycles. The maximum absolute atomic E-state index is 13.2. The summed E-state index contributed by atoms with van der Waals surface area (Å²) in [5.41, 5.74) is 0.162. The summed E-state index contributed by atoms with van der Waals surface area (Å²) in [4.78, 5) is 33.6. The van der Waals surface area contributed by atoms with Gasteiger partial charge in [0.15, 0.2) is 5.01 Å². The molecule has 0 aliphatic carbocycles. The first-order valence-corrected chi connectivity index (χ1v) is 10.4. The van der Waals surface area contributed by atoms with Crippen LogP contribution in [0.1, 0.15) is 25.0 Å². The van der Waals surface area contributed by atoms with Gasteiger partial charge in [-0.15, -0.1) is 11.3 Å². The van der Waals surface area contributed by atoms with E-state index in [0.29, 0.717) is 28.4 Å². The fourth-order valence-electron chi connectivity index (χ4n) is 3.37. The number of para-hydroxylation sites is 1. The van der Waals surface area contributed by atoms with E-state index in [1.54, 1.807) is 13.3 Å². The highest BCUT2D eigenvalue weighted by Crippen LogP contribution is 2.32. The van der Waals surface area contributed by atoms with Crippen molar-refractivity contribution in [3.05, 3.63) is 64.4 Å². The second kappa shape index (κ2) is 7.99. The number of thiazole rings is 1. The van der Waals surface area contributed by atoms with Crippen LogP contribution in [0.25, 0.3) is 21.1 Å². The van der Waals surface area contributed by atoms with E-state index in [0.717, 1.165) is 16.9 Å². The van der Waals surface area contributed by atoms with Gasteiger partial charge in [-0.1, -0.05) is 18.2 Å². The number of methoxy groups -OCH3 is 1. The Morgan fingerprint density at radius 3 is 2.68 bits per heavy atom. The van der Waals surface area contributed by atoms with Gasteiger partial charge in [0.25, 0.3) is 11.4 Å². The van der Waals surface area contributed by atoms with Gasteiger partial charge in [0.1, 0.15) is 23.1 Å². The standard InChI is InChI=1S/C22H21N3O5S/c1-22(2,21(27)28)25-12-14(9-8-13-6-4-5-7-15(13)29-3)17-16(20(25)26)24-19(31-17)18-23-10-11-30-18/h4-7,10-12H,8-9H2,1-3H3,(H,27,28). The van der Waals surface area contributed by atoms with Crippen molar-refractivity contribution >= 4 is 27.5 Å². The number of oxazole rings is 1. The SMILES string of the molecule is COc1ccccc1CCc1cn(C(C)(C)C(=O)O)c(=O)c2nc(-c3ncco3)sc12. The first-order valence-electron chi connectivity index (χ1n) is 9.63. The van der Waals surface area contributed by atoms with Crippen molar-refractivity contribution in [2.24, 2.45) is 0 Å². The molecule has 4 rings (SSSR count). The summed E-state index contributed by atoms with van der Waals surface area (Å²) in [6.07, 6.45) is 5.80. The van der Waals surface area contributed by atoms with Crippen molar-refractivity contribution in [3.8, 4) is 16.6 Å². The van der Waals surface area contributed by atoms with Crippen LogP contribution in [0.15, 0.2) is 52.1 Å². The van der Waals surface area contributed by atoms with Gasteiger partial charge in [-0.05, 0) is 43.9 Å². The number of carbonyl (C=O) groups is 1. The number of hydrogen-bond acceptors (Lipinski definition) is 7. The molecule has 4 aromatic rings. The first kappa shape index (κ1) is 20.8. The van der Waals surface area contributed by atoms with Crippen LogP contribution < -0.4 is 10.3 Å². The number of carboxylic acids is 1. The third kappa shape index (κ3) is 3.72. The monoisotopic (exact) mass is 439 g/mol. The van der Waals surface area contributed by atoms with Crippen molar-refractivity contribution in [1.82, 2.24) is 14.5 Å². The molecule has 9 heteroatoms. The zero-order valence-corrected chi connectivity index (χ0v) is 18.1. The van der Waals surface area contributed by atoms with Gasteiger partial charge in [0, 0.05) is 6.20 Å². The second-order valence-corrected chi connectivity index (χ2v) is 8.54. The van der Waals surface area contributed by atoms with Gasteiger partial charge >= 0.3 is 5.97 Å². The lowest BCUT2D eigenvalue weighted by molar-refractivity contribution is -0.145. The Labute approximate surface area is 181 Å². The Morgan fingerprint density at radius 1 is 1.26 bits per heavy atom. The van der Waals surface area contributed by atoms with Crippen LogP contribution in [-0.2, 0) is 23.2 Å². The number of aryl methyl sites for hydroxylation is 2. The molecular weight excluding hydrogens is 418 g/mol. The van der Waals surface area contributed by atoms with E-state index in [2.05, 4.69) is 9.97 Å². The third-order valence-corrected chi connectivity index (χ3v) is 6.34. The highest BCUT2D eigenvalue weighted by atomic mass is 32.1. The number of benzene rings is 1. The van der Waals surface area contributed by atoms with Crippen molar-refractivity contribution in [2.45, 2.75) is 32.2 Å². The predicted octanol–water partition coefficient (Wildman–Crippen LogP) is 3.73. The summed E-state index contributed by atoms with van der Waals surface area (Å²) in [6, 6.07) is 7.72. The van der Waals surface area contributed by atoms with Crippen LogP contribution in [0.4, 0.5) is 0 Å². The summed E-state index contributed by atoms with van der Waals surface area (Å²) < 4.78 is 12.7. The van der Waals surface area contributed by atoms with Crippen molar-refractivity contribution < 1.29 is 19.1 Å². The predicted molar refractivity (Wildman–Crippen MR) is 117 cm³/mol. The zero-order chi connectivity index (χ0) is 22.2. The second-order valence-electron chi connectivity index (χ2n) is 7.54. The topological polar surface area (TPSA) is 107 Å². The van der Waals surface area contributed by atoms with Crippen molar-refractivity contribution in [3.63, 3.8) is 0 Å². The fraction of sp³-hybridized carbons (Fsp3) is 0.273. The van der Waals surface area contributed by atoms with E-state index in [9.17, 15) is 14.7 Å². The molecule has 3 heterocycles. The first-order chi connectivity index (χ1) is 14.8. The number of pyridine rings is 1. The van der Waals surface area contributed by atoms with Gasteiger partial charge in [0.05, 0.1) is 18.0 Å². The van der Waals surface area contributed by atoms with E-state index in [1.807, 2.05) is 24.3 Å². The van der Waals surface area contributed by atoms with E-state index >= 15 is 0 Å². The molecule has 0 saturated heterocycles. The lowest BCUT2D eigenvalue weighted by atomic mass is 10.0. The summed E-state index contributed by atoms with van der Waals surface area (Å²) in [7, 11) is 1.62. The smallest absolute Gasteiger partial charge is 0.329 e. The van der Waals surface area contributed by atoms with Gasteiger partial charge in [-0.2, -0.15) is 0 Å². The molecule has 0 fully saturated rings. The van der Waals surface area contributed by atoms with Crippen LogP contribution in [0.3, 0.4) is 0 Å². The molecule has 31 heavy (non-hydrogen) atoms. The molecule has 1 N–H and O–H groups in total. The van der Waals surface area contributed by atoms with E-state index in [1.165, 1.54) is 42.2 Å². The van der Waals surface area contributed by atoms with Crippen LogP contribution in [0.2, 0.25) is 0 Å². The Hall–Kier alpha value is -3.46. The van der Waals surface area contributed by atoms with Gasteiger partial charge in [-0.3, -0.25) is 9.36 Å². The Morgan fingerprint density at radius 2 is 2.00 bits per heavy atom. The zero-order valence-electron chi connectivity index (χ0n) is 17.3. The highest BCUT2D eigenvalue weighted by Gasteiger charge is 2.32. The molecule has 1 aromatic carbocycles. The number of nitrogens with zero attached hydrogens (tertiary/aromatic N) is 3. The largest absolute Gasteiger partial charge is 0.496 e. The minimum Gasteiger partial charge on any atom is -0.496 e. The molecule has 8 nitrogen and oxygen atoms in total. The van der Waals surface area contributed by atoms with Gasteiger partial charge < -0.3 is 14.3 Å². The molecule has 0 saturated carbocycles. The Bertz CT molecular complexity index is 1300. The van der Waals surface area contributed by atoms with Crippen LogP contribution in [0.5, 0.6) is 5.75 Å². The number of rotatable bonds is 7. The fourth-order valence-corrected chi connectivity index (χ4v) is 4.40. The molecule has 0 atom stereocenters. The average Bonchev–Trinajstić information content (AvgIpc) is 3.43. The number of aromatic nitrogens is 3. The summed E-state index contributed by atoms with van der Waals surface area (Å²) >= 11 is 1.31. The summed E-state index contributed by atoms with van der Waals surface area (Å²) in [6.45, 7) is 2.99. The molecule has 0 amide bonds. The molecule has 160 valence electrons. The average molecular weight is 439 g/mol. The molecule has 0 radical (unpaired) electrons. The van der Waals surface area contributed by atoms with Crippen molar-refractivity contribution in [1.29, 1.82) is 0 Å². The number of carboxylic acid groups (broad SMARTS) is 1. The third-order valence-electron chi connectivity index (χ3n) is 5.22. The summed E-state index contributed by atoms with van der Waals surface area (Å²) in [5.74, 6) is -0.00387. The number of hydrogen-bond donors (Lipinski definition) is 1. The van der Waals surface area contributed by atoms with Crippen molar-refractivity contribution in [2.75, 3.05) is 7.11 Å². The van der Waals surface area contributed by atoms with Crippen LogP contribution in [-0.4, -0.2) is 32.7 Å². The van der Waals surface area contributed by atoms with Gasteiger partial charge in [0.2, 0.25) is 0 Å². The highest BCUT2D eigenvalue weighted by molar-refractivity contribution is 7.21. The molecular formula is C22H21N3O5S. The molecule has 3 aromatic heterocycles. The molecule has 0 bridgehead atoms. The number of fused-ring (bicyclic) bond motifs is 1. The van der Waals surface area contributed by atoms with E-state index in [-0.39, 0.29) is 5.52 Å². The maximum atomic E-state index is 13.2. The minimum absolute atomic E-state index is 0.213.